The molecule has 24 heavy (non-hydrogen) atoms. The number of pyridine rings is 1. The zero-order valence-corrected chi connectivity index (χ0v) is 13.8. The van der Waals surface area contributed by atoms with Crippen molar-refractivity contribution >= 4 is 34.4 Å². The number of hydrogen-bond acceptors (Lipinski definition) is 3. The number of carbonyl (C=O) groups excluding carboxylic acids is 1. The molecule has 3 N–H and O–H groups in total. The van der Waals surface area contributed by atoms with Crippen molar-refractivity contribution in [3.05, 3.63) is 45.0 Å². The van der Waals surface area contributed by atoms with E-state index >= 15 is 0 Å². The lowest BCUT2D eigenvalue weighted by Gasteiger charge is -2.16. The molecule has 0 aliphatic heterocycles. The molecule has 1 aromatic carbocycles. The molecule has 0 saturated carbocycles. The van der Waals surface area contributed by atoms with Crippen LogP contribution in [0.2, 0.25) is 5.02 Å². The van der Waals surface area contributed by atoms with Gasteiger partial charge in [0.1, 0.15) is 17.4 Å². The van der Waals surface area contributed by atoms with Crippen LogP contribution in [0.15, 0.2) is 23.1 Å². The summed E-state index contributed by atoms with van der Waals surface area (Å²) in [7, 11) is 0. The number of benzene rings is 1. The standard InChI is InChI=1S/C16H16ClFN2O4/c1-7(2)3-13(16(23)24)20-15(22)9-6-19-12-5-10(17)11(18)4-8(12)14(9)21/h4-7,13H,3H2,1-2H3,(H,19,21)(H,20,22)(H,23,24)/t13-/m0/s1. The second-order valence-electron chi connectivity index (χ2n) is 5.84. The highest BCUT2D eigenvalue weighted by Gasteiger charge is 2.23. The summed E-state index contributed by atoms with van der Waals surface area (Å²) < 4.78 is 13.6. The Labute approximate surface area is 141 Å². The van der Waals surface area contributed by atoms with Gasteiger partial charge in [-0.05, 0) is 24.5 Å². The number of nitrogens with one attached hydrogen (secondary N) is 2. The van der Waals surface area contributed by atoms with Crippen molar-refractivity contribution in [3.63, 3.8) is 0 Å². The van der Waals surface area contributed by atoms with Gasteiger partial charge in [-0.1, -0.05) is 25.4 Å². The van der Waals surface area contributed by atoms with E-state index in [-0.39, 0.29) is 33.8 Å². The highest BCUT2D eigenvalue weighted by molar-refractivity contribution is 6.31. The van der Waals surface area contributed by atoms with Crippen molar-refractivity contribution < 1.29 is 19.1 Å². The Morgan fingerprint density at radius 2 is 2.04 bits per heavy atom. The van der Waals surface area contributed by atoms with Crippen LogP contribution in [0.25, 0.3) is 10.9 Å². The number of amides is 1. The van der Waals surface area contributed by atoms with E-state index in [1.807, 2.05) is 13.8 Å². The number of H-pyrrole nitrogens is 1. The van der Waals surface area contributed by atoms with Gasteiger partial charge in [-0.15, -0.1) is 0 Å². The average Bonchev–Trinajstić information content (AvgIpc) is 2.48. The van der Waals surface area contributed by atoms with Gasteiger partial charge in [-0.2, -0.15) is 0 Å². The van der Waals surface area contributed by atoms with Crippen LogP contribution in [0.1, 0.15) is 30.6 Å². The van der Waals surface area contributed by atoms with Gasteiger partial charge in [0, 0.05) is 11.6 Å². The van der Waals surface area contributed by atoms with Crippen LogP contribution in [0, 0.1) is 11.7 Å². The Morgan fingerprint density at radius 1 is 1.38 bits per heavy atom. The fraction of sp³-hybridized carbons (Fsp3) is 0.312. The maximum atomic E-state index is 13.6. The molecule has 0 radical (unpaired) electrons. The normalized spacial score (nSPS) is 12.4. The fourth-order valence-electron chi connectivity index (χ4n) is 2.31. The second kappa shape index (κ2) is 7.00. The Hall–Kier alpha value is -2.41. The highest BCUT2D eigenvalue weighted by Crippen LogP contribution is 2.19. The smallest absolute Gasteiger partial charge is 0.326 e. The summed E-state index contributed by atoms with van der Waals surface area (Å²) in [5, 5.41) is 11.3. The van der Waals surface area contributed by atoms with Crippen LogP contribution in [0.5, 0.6) is 0 Å². The molecule has 8 heteroatoms. The van der Waals surface area contributed by atoms with Crippen molar-refractivity contribution in [1.29, 1.82) is 0 Å². The van der Waals surface area contributed by atoms with E-state index in [4.69, 9.17) is 16.7 Å². The number of carbonyl (C=O) groups is 2. The summed E-state index contributed by atoms with van der Waals surface area (Å²) in [6.07, 6.45) is 1.37. The van der Waals surface area contributed by atoms with Gasteiger partial charge in [-0.3, -0.25) is 9.59 Å². The molecule has 1 heterocycles. The topological polar surface area (TPSA) is 99.3 Å². The lowest BCUT2D eigenvalue weighted by molar-refractivity contribution is -0.139. The summed E-state index contributed by atoms with van der Waals surface area (Å²) in [6.45, 7) is 3.63. The van der Waals surface area contributed by atoms with Crippen LogP contribution in [0.3, 0.4) is 0 Å². The molecule has 128 valence electrons. The number of hydrogen-bond donors (Lipinski definition) is 3. The zero-order chi connectivity index (χ0) is 18.0. The maximum absolute atomic E-state index is 13.6. The number of aromatic nitrogens is 1. The minimum Gasteiger partial charge on any atom is -0.480 e. The first-order valence-corrected chi connectivity index (χ1v) is 7.62. The van der Waals surface area contributed by atoms with Crippen LogP contribution < -0.4 is 10.7 Å². The summed E-state index contributed by atoms with van der Waals surface area (Å²) in [5.74, 6) is -2.76. The Kier molecular flexibility index (Phi) is 5.23. The lowest BCUT2D eigenvalue weighted by Crippen LogP contribution is -2.43. The van der Waals surface area contributed by atoms with Gasteiger partial charge >= 0.3 is 5.97 Å². The molecule has 1 aromatic heterocycles. The predicted octanol–water partition coefficient (Wildman–Crippen LogP) is 2.55. The molecule has 0 saturated heterocycles. The third-order valence-corrected chi connectivity index (χ3v) is 3.77. The van der Waals surface area contributed by atoms with Gasteiger partial charge in [-0.25, -0.2) is 9.18 Å². The minimum atomic E-state index is -1.19. The first kappa shape index (κ1) is 17.9. The molecule has 6 nitrogen and oxygen atoms in total. The number of carboxylic acids is 1. The summed E-state index contributed by atoms with van der Waals surface area (Å²) >= 11 is 5.65. The van der Waals surface area contributed by atoms with E-state index < -0.39 is 29.2 Å². The first-order chi connectivity index (χ1) is 11.2. The highest BCUT2D eigenvalue weighted by atomic mass is 35.5. The molecule has 0 spiro atoms. The molecule has 0 aliphatic carbocycles. The van der Waals surface area contributed by atoms with Gasteiger partial charge in [0.25, 0.3) is 5.91 Å². The molecule has 0 aliphatic rings. The number of fused-ring (bicyclic) bond motifs is 1. The average molecular weight is 355 g/mol. The summed E-state index contributed by atoms with van der Waals surface area (Å²) in [4.78, 5) is 38.5. The monoisotopic (exact) mass is 354 g/mol. The van der Waals surface area contributed by atoms with E-state index in [2.05, 4.69) is 10.3 Å². The van der Waals surface area contributed by atoms with Crippen molar-refractivity contribution in [2.24, 2.45) is 5.92 Å². The molecule has 2 aromatic rings. The summed E-state index contributed by atoms with van der Waals surface area (Å²) in [5.41, 5.74) is -0.718. The third-order valence-electron chi connectivity index (χ3n) is 3.48. The van der Waals surface area contributed by atoms with E-state index in [1.54, 1.807) is 0 Å². The number of aromatic amines is 1. The number of aliphatic carboxylic acids is 1. The Bertz CT molecular complexity index is 863. The van der Waals surface area contributed by atoms with Gasteiger partial charge < -0.3 is 15.4 Å². The molecular formula is C16H16ClFN2O4. The minimum absolute atomic E-state index is 0.0394. The summed E-state index contributed by atoms with van der Waals surface area (Å²) in [6, 6.07) is 1.07. The third kappa shape index (κ3) is 3.73. The number of rotatable bonds is 5. The van der Waals surface area contributed by atoms with Crippen molar-refractivity contribution in [1.82, 2.24) is 10.3 Å². The SMILES string of the molecule is CC(C)C[C@H](NC(=O)c1c[nH]c2cc(Cl)c(F)cc2c1=O)C(=O)O. The molecule has 1 amide bonds. The van der Waals surface area contributed by atoms with Crippen LogP contribution in [0.4, 0.5) is 4.39 Å². The molecule has 0 unspecified atom stereocenters. The quantitative estimate of drug-likeness (QED) is 0.768. The second-order valence-corrected chi connectivity index (χ2v) is 6.24. The zero-order valence-electron chi connectivity index (χ0n) is 13.0. The maximum Gasteiger partial charge on any atom is 0.326 e. The van der Waals surface area contributed by atoms with E-state index in [0.29, 0.717) is 0 Å². The Morgan fingerprint density at radius 3 is 2.62 bits per heavy atom. The van der Waals surface area contributed by atoms with Crippen LogP contribution in [-0.2, 0) is 4.79 Å². The van der Waals surface area contributed by atoms with Crippen molar-refractivity contribution in [2.75, 3.05) is 0 Å². The molecular weight excluding hydrogens is 339 g/mol. The first-order valence-electron chi connectivity index (χ1n) is 7.24. The molecule has 2 rings (SSSR count). The van der Waals surface area contributed by atoms with Gasteiger partial charge in [0.2, 0.25) is 5.43 Å². The molecule has 1 atom stereocenters. The van der Waals surface area contributed by atoms with Crippen molar-refractivity contribution in [3.8, 4) is 0 Å². The van der Waals surface area contributed by atoms with Crippen molar-refractivity contribution in [2.45, 2.75) is 26.3 Å². The van der Waals surface area contributed by atoms with E-state index in [1.165, 1.54) is 6.07 Å². The largest absolute Gasteiger partial charge is 0.480 e. The molecule has 0 fully saturated rings. The number of carboxylic acid groups (broad SMARTS) is 1. The van der Waals surface area contributed by atoms with E-state index in [0.717, 1.165) is 12.3 Å². The molecule has 0 bridgehead atoms. The lowest BCUT2D eigenvalue weighted by atomic mass is 10.0. The van der Waals surface area contributed by atoms with Gasteiger partial charge in [0.15, 0.2) is 0 Å². The van der Waals surface area contributed by atoms with Crippen LogP contribution in [-0.4, -0.2) is 28.0 Å². The van der Waals surface area contributed by atoms with E-state index in [9.17, 15) is 18.8 Å². The Balaban J connectivity index is 2.39. The predicted molar refractivity (Wildman–Crippen MR) is 87.9 cm³/mol. The van der Waals surface area contributed by atoms with Gasteiger partial charge in [0.05, 0.1) is 10.5 Å². The van der Waals surface area contributed by atoms with Crippen LogP contribution >= 0.6 is 11.6 Å². The fourth-order valence-corrected chi connectivity index (χ4v) is 2.48. The number of halogens is 2.